The summed E-state index contributed by atoms with van der Waals surface area (Å²) < 4.78 is 21.5. The van der Waals surface area contributed by atoms with Gasteiger partial charge in [-0.15, -0.1) is 0 Å². The first-order valence-electron chi connectivity index (χ1n) is 6.79. The van der Waals surface area contributed by atoms with Crippen LogP contribution in [0.15, 0.2) is 12.2 Å². The molecular formula is C14H27BrO5Si. The summed E-state index contributed by atoms with van der Waals surface area (Å²) in [5.74, 6) is -0.197. The maximum atomic E-state index is 11.4. The van der Waals surface area contributed by atoms with E-state index in [1.54, 1.807) is 28.3 Å². The van der Waals surface area contributed by atoms with Crippen molar-refractivity contribution in [1.82, 2.24) is 0 Å². The Balaban J connectivity index is 4.75. The molecule has 0 spiro atoms. The van der Waals surface area contributed by atoms with Gasteiger partial charge in [0.05, 0.1) is 6.61 Å². The number of hydrogen-bond acceptors (Lipinski definition) is 5. The van der Waals surface area contributed by atoms with Crippen LogP contribution in [0.4, 0.5) is 0 Å². The van der Waals surface area contributed by atoms with E-state index in [1.807, 2.05) is 0 Å². The third-order valence-electron chi connectivity index (χ3n) is 3.45. The molecular weight excluding hydrogens is 356 g/mol. The topological polar surface area (TPSA) is 54.0 Å². The highest BCUT2D eigenvalue weighted by molar-refractivity contribution is 9.10. The second-order valence-corrected chi connectivity index (χ2v) is 10.5. The van der Waals surface area contributed by atoms with Gasteiger partial charge in [-0.25, -0.2) is 4.79 Å². The van der Waals surface area contributed by atoms with Crippen molar-refractivity contribution >= 4 is 30.7 Å². The molecule has 0 aliphatic rings. The number of rotatable bonds is 10. The van der Waals surface area contributed by atoms with Crippen molar-refractivity contribution in [2.75, 3.05) is 27.9 Å². The summed E-state index contributed by atoms with van der Waals surface area (Å²) in [6, 6.07) is 0.638. The first kappa shape index (κ1) is 20.8. The summed E-state index contributed by atoms with van der Waals surface area (Å²) in [6.07, 6.45) is 0.683. The Morgan fingerprint density at radius 2 is 1.71 bits per heavy atom. The van der Waals surface area contributed by atoms with Crippen LogP contribution in [0, 0.1) is 5.92 Å². The zero-order valence-corrected chi connectivity index (χ0v) is 16.4. The summed E-state index contributed by atoms with van der Waals surface area (Å²) in [6.45, 7) is 9.66. The maximum absolute atomic E-state index is 11.4. The molecule has 0 aromatic heterocycles. The molecule has 1 unspecified atom stereocenters. The first-order valence-corrected chi connectivity index (χ1v) is 9.51. The average Bonchev–Trinajstić information content (AvgIpc) is 2.41. The first-order chi connectivity index (χ1) is 9.61. The molecule has 0 saturated heterocycles. The molecule has 0 radical (unpaired) electrons. The molecule has 0 aliphatic carbocycles. The van der Waals surface area contributed by atoms with Crippen LogP contribution in [0.2, 0.25) is 6.04 Å². The quantitative estimate of drug-likeness (QED) is 0.251. The lowest BCUT2D eigenvalue weighted by Crippen LogP contribution is -2.47. The number of carbonyl (C=O) groups excluding carboxylic acids is 1. The lowest BCUT2D eigenvalue weighted by molar-refractivity contribution is -0.139. The molecule has 0 rings (SSSR count). The fourth-order valence-corrected chi connectivity index (χ4v) is 4.91. The summed E-state index contributed by atoms with van der Waals surface area (Å²) in [5, 5.41) is 0. The van der Waals surface area contributed by atoms with Crippen LogP contribution in [0.3, 0.4) is 0 Å². The van der Waals surface area contributed by atoms with Crippen molar-refractivity contribution in [2.24, 2.45) is 5.92 Å². The number of alkyl halides is 1. The zero-order valence-electron chi connectivity index (χ0n) is 13.8. The predicted molar refractivity (Wildman–Crippen MR) is 88.5 cm³/mol. The highest BCUT2D eigenvalue weighted by atomic mass is 79.9. The molecule has 0 saturated carbocycles. The molecule has 21 heavy (non-hydrogen) atoms. The van der Waals surface area contributed by atoms with Crippen LogP contribution >= 0.6 is 15.9 Å². The number of carbonyl (C=O) groups is 1. The van der Waals surface area contributed by atoms with Crippen LogP contribution in [0.5, 0.6) is 0 Å². The summed E-state index contributed by atoms with van der Waals surface area (Å²) in [5.41, 5.74) is 0.402. The Bertz CT molecular complexity index is 341. The highest BCUT2D eigenvalue weighted by Crippen LogP contribution is 2.36. The van der Waals surface area contributed by atoms with E-state index in [0.717, 1.165) is 0 Å². The minimum Gasteiger partial charge on any atom is -0.462 e. The van der Waals surface area contributed by atoms with E-state index in [9.17, 15) is 4.79 Å². The lowest BCUT2D eigenvalue weighted by atomic mass is 9.94. The van der Waals surface area contributed by atoms with Crippen molar-refractivity contribution in [3.8, 4) is 0 Å². The number of halogens is 1. The molecule has 0 aromatic carbocycles. The minimum atomic E-state index is -2.68. The van der Waals surface area contributed by atoms with Gasteiger partial charge in [0.15, 0.2) is 0 Å². The van der Waals surface area contributed by atoms with E-state index < -0.39 is 8.80 Å². The van der Waals surface area contributed by atoms with Gasteiger partial charge >= 0.3 is 14.8 Å². The molecule has 0 N–H and O–H groups in total. The summed E-state index contributed by atoms with van der Waals surface area (Å²) in [7, 11) is 2.11. The van der Waals surface area contributed by atoms with E-state index in [1.165, 1.54) is 0 Å². The normalized spacial score (nSPS) is 13.9. The minimum absolute atomic E-state index is 0.156. The van der Waals surface area contributed by atoms with Crippen molar-refractivity contribution in [3.05, 3.63) is 12.2 Å². The van der Waals surface area contributed by atoms with E-state index in [4.69, 9.17) is 18.0 Å². The van der Waals surface area contributed by atoms with E-state index in [2.05, 4.69) is 36.4 Å². The van der Waals surface area contributed by atoms with Crippen molar-refractivity contribution in [1.29, 1.82) is 0 Å². The third-order valence-corrected chi connectivity index (χ3v) is 6.95. The molecule has 0 heterocycles. The molecule has 0 amide bonds. The highest BCUT2D eigenvalue weighted by Gasteiger charge is 2.44. The third kappa shape index (κ3) is 7.06. The van der Waals surface area contributed by atoms with Crippen LogP contribution < -0.4 is 0 Å². The van der Waals surface area contributed by atoms with Gasteiger partial charge in [0, 0.05) is 37.3 Å². The fourth-order valence-electron chi connectivity index (χ4n) is 1.91. The van der Waals surface area contributed by atoms with Crippen molar-refractivity contribution < 1.29 is 22.8 Å². The zero-order chi connectivity index (χ0) is 16.7. The molecule has 1 atom stereocenters. The Labute approximate surface area is 137 Å². The van der Waals surface area contributed by atoms with Gasteiger partial charge < -0.3 is 18.0 Å². The number of hydrogen-bond donors (Lipinski definition) is 0. The van der Waals surface area contributed by atoms with E-state index >= 15 is 0 Å². The number of ether oxygens (including phenoxy) is 1. The van der Waals surface area contributed by atoms with Gasteiger partial charge in [-0.2, -0.15) is 0 Å². The van der Waals surface area contributed by atoms with E-state index in [-0.39, 0.29) is 16.2 Å². The molecule has 0 aliphatic heterocycles. The van der Waals surface area contributed by atoms with Gasteiger partial charge in [0.1, 0.15) is 0 Å². The Kier molecular flexibility index (Phi) is 8.95. The van der Waals surface area contributed by atoms with Gasteiger partial charge in [-0.1, -0.05) is 22.5 Å². The second-order valence-electron chi connectivity index (χ2n) is 5.47. The van der Waals surface area contributed by atoms with Gasteiger partial charge in [0.2, 0.25) is 0 Å². The van der Waals surface area contributed by atoms with Crippen LogP contribution in [0.1, 0.15) is 27.2 Å². The largest absolute Gasteiger partial charge is 0.500 e. The lowest BCUT2D eigenvalue weighted by Gasteiger charge is -2.34. The second kappa shape index (κ2) is 9.04. The molecule has 0 bridgehead atoms. The van der Waals surface area contributed by atoms with E-state index in [0.29, 0.717) is 24.6 Å². The number of esters is 1. The van der Waals surface area contributed by atoms with Gasteiger partial charge in [-0.05, 0) is 33.1 Å². The monoisotopic (exact) mass is 382 g/mol. The molecule has 7 heteroatoms. The standard InChI is InChI=1S/C14H27BrO5Si/c1-11(2)13(16)20-9-8-12(14(3,4)15)10-21(17-5,18-6)19-7/h12H,1,8-10H2,2-7H3. The molecule has 5 nitrogen and oxygen atoms in total. The molecule has 0 fully saturated rings. The average molecular weight is 383 g/mol. The predicted octanol–water partition coefficient (Wildman–Crippen LogP) is 3.16. The van der Waals surface area contributed by atoms with Crippen LogP contribution in [-0.4, -0.2) is 47.0 Å². The summed E-state index contributed by atoms with van der Waals surface area (Å²) >= 11 is 3.68. The fraction of sp³-hybridized carbons (Fsp3) is 0.786. The Hall–Kier alpha value is -0.213. The van der Waals surface area contributed by atoms with Crippen LogP contribution in [-0.2, 0) is 22.8 Å². The maximum Gasteiger partial charge on any atom is 0.500 e. The molecule has 124 valence electrons. The van der Waals surface area contributed by atoms with Crippen LogP contribution in [0.25, 0.3) is 0 Å². The SMILES string of the molecule is C=C(C)C(=O)OCCC(C[Si](OC)(OC)OC)C(C)(C)Br. The Morgan fingerprint density at radius 1 is 1.24 bits per heavy atom. The van der Waals surface area contributed by atoms with Crippen molar-refractivity contribution in [3.63, 3.8) is 0 Å². The Morgan fingerprint density at radius 3 is 2.05 bits per heavy atom. The van der Waals surface area contributed by atoms with Crippen molar-refractivity contribution in [2.45, 2.75) is 37.6 Å². The van der Waals surface area contributed by atoms with Gasteiger partial charge in [0.25, 0.3) is 0 Å². The van der Waals surface area contributed by atoms with Gasteiger partial charge in [-0.3, -0.25) is 0 Å². The summed E-state index contributed by atoms with van der Waals surface area (Å²) in [4.78, 5) is 11.4. The smallest absolute Gasteiger partial charge is 0.462 e. The molecule has 0 aromatic rings.